The third-order valence-electron chi connectivity index (χ3n) is 7.03. The molecule has 3 aromatic carbocycles. The molecule has 0 atom stereocenters. The highest BCUT2D eigenvalue weighted by Gasteiger charge is 2.13. The van der Waals surface area contributed by atoms with E-state index in [9.17, 15) is 4.39 Å². The third kappa shape index (κ3) is 7.78. The first-order chi connectivity index (χ1) is 18.2. The molecular formula is C31H37FN2O3. The van der Waals surface area contributed by atoms with E-state index >= 15 is 0 Å². The summed E-state index contributed by atoms with van der Waals surface area (Å²) in [6.07, 6.45) is 3.23. The van der Waals surface area contributed by atoms with Crippen molar-refractivity contribution in [3.63, 3.8) is 0 Å². The molecule has 0 spiro atoms. The minimum atomic E-state index is -0.246. The molecule has 2 heterocycles. The minimum Gasteiger partial charge on any atom is -0.492 e. The Morgan fingerprint density at radius 2 is 1.68 bits per heavy atom. The third-order valence-corrected chi connectivity index (χ3v) is 7.03. The molecule has 2 bridgehead atoms. The standard InChI is InChI=1S/C31H37FN2O3/c32-29-9-10-31-28(22-29)20-25-5-3-6-26(19-25)23-34(13-15-35-17-18-37-31)24-27-7-4-8-30(21-27)36-16-14-33-11-1-2-12-33/h3-10,19,21-22H,1-2,11-18,20,23-24H2. The van der Waals surface area contributed by atoms with Gasteiger partial charge < -0.3 is 14.2 Å². The molecule has 37 heavy (non-hydrogen) atoms. The lowest BCUT2D eigenvalue weighted by Crippen LogP contribution is -2.28. The molecule has 0 radical (unpaired) electrons. The van der Waals surface area contributed by atoms with Crippen LogP contribution in [0.3, 0.4) is 0 Å². The van der Waals surface area contributed by atoms with Gasteiger partial charge in [-0.1, -0.05) is 36.4 Å². The summed E-state index contributed by atoms with van der Waals surface area (Å²) in [5.41, 5.74) is 4.46. The molecule has 0 amide bonds. The summed E-state index contributed by atoms with van der Waals surface area (Å²) in [6.45, 7) is 8.08. The van der Waals surface area contributed by atoms with Gasteiger partial charge in [-0.15, -0.1) is 0 Å². The van der Waals surface area contributed by atoms with Crippen molar-refractivity contribution >= 4 is 0 Å². The normalized spacial score (nSPS) is 17.5. The average molecular weight is 505 g/mol. The van der Waals surface area contributed by atoms with Gasteiger partial charge in [0, 0.05) is 38.2 Å². The van der Waals surface area contributed by atoms with Crippen molar-refractivity contribution in [2.75, 3.05) is 52.6 Å². The molecule has 1 fully saturated rings. The van der Waals surface area contributed by atoms with Crippen molar-refractivity contribution in [2.24, 2.45) is 0 Å². The maximum absolute atomic E-state index is 14.0. The van der Waals surface area contributed by atoms with E-state index in [-0.39, 0.29) is 5.82 Å². The zero-order chi connectivity index (χ0) is 25.3. The van der Waals surface area contributed by atoms with Gasteiger partial charge in [-0.3, -0.25) is 9.80 Å². The van der Waals surface area contributed by atoms with Crippen LogP contribution in [-0.4, -0.2) is 62.4 Å². The van der Waals surface area contributed by atoms with Crippen molar-refractivity contribution in [3.05, 3.63) is 94.8 Å². The van der Waals surface area contributed by atoms with Crippen molar-refractivity contribution in [3.8, 4) is 11.5 Å². The molecule has 5 nitrogen and oxygen atoms in total. The number of fused-ring (bicyclic) bond motifs is 3. The highest BCUT2D eigenvalue weighted by molar-refractivity contribution is 5.39. The molecule has 3 aromatic rings. The molecule has 2 aliphatic heterocycles. The number of halogens is 1. The maximum atomic E-state index is 14.0. The van der Waals surface area contributed by atoms with E-state index in [1.54, 1.807) is 12.1 Å². The van der Waals surface area contributed by atoms with E-state index in [1.807, 2.05) is 6.07 Å². The van der Waals surface area contributed by atoms with E-state index in [4.69, 9.17) is 14.2 Å². The number of hydrogen-bond acceptors (Lipinski definition) is 5. The summed E-state index contributed by atoms with van der Waals surface area (Å²) in [6, 6.07) is 21.7. The van der Waals surface area contributed by atoms with Crippen LogP contribution in [0.1, 0.15) is 35.1 Å². The summed E-state index contributed by atoms with van der Waals surface area (Å²) in [5, 5.41) is 0. The Morgan fingerprint density at radius 1 is 0.811 bits per heavy atom. The smallest absolute Gasteiger partial charge is 0.123 e. The van der Waals surface area contributed by atoms with Crippen LogP contribution in [0.2, 0.25) is 0 Å². The van der Waals surface area contributed by atoms with Gasteiger partial charge >= 0.3 is 0 Å². The molecule has 0 aromatic heterocycles. The van der Waals surface area contributed by atoms with Crippen LogP contribution in [0.25, 0.3) is 0 Å². The Balaban J connectivity index is 1.26. The van der Waals surface area contributed by atoms with E-state index < -0.39 is 0 Å². The quantitative estimate of drug-likeness (QED) is 0.455. The Morgan fingerprint density at radius 3 is 2.59 bits per heavy atom. The lowest BCUT2D eigenvalue weighted by atomic mass is 10.0. The topological polar surface area (TPSA) is 34.2 Å². The predicted octanol–water partition coefficient (Wildman–Crippen LogP) is 5.30. The molecule has 196 valence electrons. The van der Waals surface area contributed by atoms with Gasteiger partial charge in [0.1, 0.15) is 30.5 Å². The molecule has 0 saturated carbocycles. The van der Waals surface area contributed by atoms with Crippen LogP contribution in [-0.2, 0) is 24.2 Å². The van der Waals surface area contributed by atoms with Gasteiger partial charge in [0.05, 0.1) is 13.2 Å². The predicted molar refractivity (Wildman–Crippen MR) is 144 cm³/mol. The molecule has 0 unspecified atom stereocenters. The van der Waals surface area contributed by atoms with Gasteiger partial charge in [-0.05, 0) is 73.0 Å². The number of ether oxygens (including phenoxy) is 3. The first kappa shape index (κ1) is 25.7. The number of hydrogen-bond donors (Lipinski definition) is 0. The van der Waals surface area contributed by atoms with Crippen LogP contribution in [0.15, 0.2) is 66.7 Å². The van der Waals surface area contributed by atoms with E-state index in [0.29, 0.717) is 26.2 Å². The zero-order valence-electron chi connectivity index (χ0n) is 21.5. The fourth-order valence-corrected chi connectivity index (χ4v) is 5.15. The van der Waals surface area contributed by atoms with Gasteiger partial charge in [0.15, 0.2) is 0 Å². The first-order valence-electron chi connectivity index (χ1n) is 13.4. The maximum Gasteiger partial charge on any atom is 0.123 e. The second-order valence-electron chi connectivity index (χ2n) is 9.96. The van der Waals surface area contributed by atoms with Gasteiger partial charge in [-0.25, -0.2) is 4.39 Å². The molecule has 5 rings (SSSR count). The van der Waals surface area contributed by atoms with Gasteiger partial charge in [0.2, 0.25) is 0 Å². The van der Waals surface area contributed by atoms with Crippen molar-refractivity contribution in [2.45, 2.75) is 32.4 Å². The number of nitrogens with zero attached hydrogens (tertiary/aromatic N) is 2. The Labute approximate surface area is 219 Å². The number of rotatable bonds is 6. The SMILES string of the molecule is Fc1ccc2c(c1)Cc1cccc(c1)CN(Cc1cccc(OCCN3CCCC3)c1)CCOCCO2. The summed E-state index contributed by atoms with van der Waals surface area (Å²) in [7, 11) is 0. The van der Waals surface area contributed by atoms with E-state index in [0.717, 1.165) is 55.4 Å². The van der Waals surface area contributed by atoms with Crippen LogP contribution < -0.4 is 9.47 Å². The Bertz CT molecular complexity index is 1150. The lowest BCUT2D eigenvalue weighted by Gasteiger charge is -2.24. The molecular weight excluding hydrogens is 467 g/mol. The van der Waals surface area contributed by atoms with Gasteiger partial charge in [-0.2, -0.15) is 0 Å². The average Bonchev–Trinajstić information content (AvgIpc) is 3.41. The summed E-state index contributed by atoms with van der Waals surface area (Å²) >= 11 is 0. The van der Waals surface area contributed by atoms with Crippen molar-refractivity contribution < 1.29 is 18.6 Å². The van der Waals surface area contributed by atoms with E-state index in [1.165, 1.54) is 43.1 Å². The van der Waals surface area contributed by atoms with Crippen molar-refractivity contribution in [1.29, 1.82) is 0 Å². The Kier molecular flexibility index (Phi) is 9.06. The number of benzene rings is 3. The Hall–Kier alpha value is -2.93. The van der Waals surface area contributed by atoms with E-state index in [2.05, 4.69) is 52.3 Å². The van der Waals surface area contributed by atoms with Crippen LogP contribution in [0, 0.1) is 5.82 Å². The molecule has 1 saturated heterocycles. The fraction of sp³-hybridized carbons (Fsp3) is 0.419. The fourth-order valence-electron chi connectivity index (χ4n) is 5.15. The monoisotopic (exact) mass is 504 g/mol. The lowest BCUT2D eigenvalue weighted by molar-refractivity contribution is 0.0757. The second kappa shape index (κ2) is 13.0. The molecule has 0 aliphatic carbocycles. The highest BCUT2D eigenvalue weighted by atomic mass is 19.1. The summed E-state index contributed by atoms with van der Waals surface area (Å²) in [4.78, 5) is 4.88. The first-order valence-corrected chi connectivity index (χ1v) is 13.4. The van der Waals surface area contributed by atoms with Crippen LogP contribution >= 0.6 is 0 Å². The minimum absolute atomic E-state index is 0.246. The zero-order valence-corrected chi connectivity index (χ0v) is 21.5. The second-order valence-corrected chi connectivity index (χ2v) is 9.96. The summed E-state index contributed by atoms with van der Waals surface area (Å²) in [5.74, 6) is 1.40. The largest absolute Gasteiger partial charge is 0.492 e. The molecule has 6 heteroatoms. The van der Waals surface area contributed by atoms with Gasteiger partial charge in [0.25, 0.3) is 0 Å². The molecule has 2 aliphatic rings. The summed E-state index contributed by atoms with van der Waals surface area (Å²) < 4.78 is 31.9. The number of likely N-dealkylation sites (tertiary alicyclic amines) is 1. The van der Waals surface area contributed by atoms with Crippen molar-refractivity contribution in [1.82, 2.24) is 9.80 Å². The van der Waals surface area contributed by atoms with Crippen LogP contribution in [0.4, 0.5) is 4.39 Å². The molecule has 0 N–H and O–H groups in total. The van der Waals surface area contributed by atoms with Crippen LogP contribution in [0.5, 0.6) is 11.5 Å². The highest BCUT2D eigenvalue weighted by Crippen LogP contribution is 2.24.